The molecule has 1 N–H and O–H groups in total. The fraction of sp³-hybridized carbons (Fsp3) is 0.500. The van der Waals surface area contributed by atoms with Crippen molar-refractivity contribution in [1.82, 2.24) is 0 Å². The quantitative estimate of drug-likeness (QED) is 0.842. The van der Waals surface area contributed by atoms with Gasteiger partial charge in [0.05, 0.1) is 0 Å². The molecule has 0 saturated heterocycles. The Bertz CT molecular complexity index is 380. The molecule has 92 valence electrons. The Balaban J connectivity index is 1.90. The van der Waals surface area contributed by atoms with E-state index in [9.17, 15) is 4.79 Å². The summed E-state index contributed by atoms with van der Waals surface area (Å²) in [6.45, 7) is 2.26. The lowest BCUT2D eigenvalue weighted by Crippen LogP contribution is -2.26. The van der Waals surface area contributed by atoms with Gasteiger partial charge in [0.15, 0.2) is 0 Å². The van der Waals surface area contributed by atoms with E-state index in [0.717, 1.165) is 24.4 Å². The number of halogens is 1. The van der Waals surface area contributed by atoms with Crippen molar-refractivity contribution in [3.63, 3.8) is 0 Å². The molecule has 0 aromatic heterocycles. The number of amides is 1. The maximum absolute atomic E-state index is 12.0. The van der Waals surface area contributed by atoms with E-state index < -0.39 is 0 Å². The van der Waals surface area contributed by atoms with Crippen LogP contribution in [0.4, 0.5) is 5.69 Å². The van der Waals surface area contributed by atoms with E-state index in [1.807, 2.05) is 12.1 Å². The van der Waals surface area contributed by atoms with Gasteiger partial charge in [0.1, 0.15) is 0 Å². The van der Waals surface area contributed by atoms with Crippen molar-refractivity contribution in [1.29, 1.82) is 0 Å². The average molecular weight is 252 g/mol. The number of nitrogens with one attached hydrogen (secondary N) is 1. The molecule has 0 aliphatic heterocycles. The van der Waals surface area contributed by atoms with Gasteiger partial charge in [-0.05, 0) is 55.9 Å². The van der Waals surface area contributed by atoms with E-state index in [4.69, 9.17) is 11.6 Å². The summed E-state index contributed by atoms with van der Waals surface area (Å²) in [5.41, 5.74) is 0.832. The molecule has 1 aliphatic carbocycles. The summed E-state index contributed by atoms with van der Waals surface area (Å²) in [7, 11) is 0. The number of hydrogen-bond acceptors (Lipinski definition) is 1. The molecular formula is C14H18ClNO. The Morgan fingerprint density at radius 1 is 1.18 bits per heavy atom. The molecule has 0 spiro atoms. The first-order valence-corrected chi connectivity index (χ1v) is 6.59. The van der Waals surface area contributed by atoms with E-state index in [1.165, 1.54) is 12.8 Å². The van der Waals surface area contributed by atoms with Crippen LogP contribution in [0.5, 0.6) is 0 Å². The molecule has 1 amide bonds. The lowest BCUT2D eigenvalue weighted by molar-refractivity contribution is -0.121. The molecule has 17 heavy (non-hydrogen) atoms. The van der Waals surface area contributed by atoms with E-state index in [1.54, 1.807) is 12.1 Å². The average Bonchev–Trinajstić information content (AvgIpc) is 2.33. The van der Waals surface area contributed by atoms with Crippen molar-refractivity contribution in [2.24, 2.45) is 11.8 Å². The Labute approximate surface area is 107 Å². The van der Waals surface area contributed by atoms with Crippen LogP contribution in [-0.2, 0) is 4.79 Å². The van der Waals surface area contributed by atoms with E-state index in [2.05, 4.69) is 12.2 Å². The maximum atomic E-state index is 12.0. The van der Waals surface area contributed by atoms with Gasteiger partial charge >= 0.3 is 0 Å². The monoisotopic (exact) mass is 251 g/mol. The van der Waals surface area contributed by atoms with Crippen LogP contribution in [0.25, 0.3) is 0 Å². The molecule has 0 bridgehead atoms. The van der Waals surface area contributed by atoms with Crippen LogP contribution >= 0.6 is 11.6 Å². The molecule has 2 nitrogen and oxygen atoms in total. The van der Waals surface area contributed by atoms with E-state index in [-0.39, 0.29) is 11.8 Å². The van der Waals surface area contributed by atoms with E-state index >= 15 is 0 Å². The highest BCUT2D eigenvalue weighted by molar-refractivity contribution is 6.30. The molecule has 3 heteroatoms. The predicted octanol–water partition coefficient (Wildman–Crippen LogP) is 4.10. The van der Waals surface area contributed by atoms with Crippen LogP contribution in [0.2, 0.25) is 5.02 Å². The fourth-order valence-electron chi connectivity index (χ4n) is 2.30. The largest absolute Gasteiger partial charge is 0.326 e. The minimum absolute atomic E-state index is 0.152. The first-order valence-electron chi connectivity index (χ1n) is 6.21. The Kier molecular flexibility index (Phi) is 4.06. The Hall–Kier alpha value is -1.02. The summed E-state index contributed by atoms with van der Waals surface area (Å²) < 4.78 is 0. The zero-order valence-corrected chi connectivity index (χ0v) is 10.8. The molecule has 1 fully saturated rings. The predicted molar refractivity (Wildman–Crippen MR) is 71.2 cm³/mol. The lowest BCUT2D eigenvalue weighted by atomic mass is 9.82. The number of benzene rings is 1. The maximum Gasteiger partial charge on any atom is 0.227 e. The third kappa shape index (κ3) is 3.47. The summed E-state index contributed by atoms with van der Waals surface area (Å²) >= 11 is 5.80. The van der Waals surface area contributed by atoms with Gasteiger partial charge < -0.3 is 5.32 Å². The minimum atomic E-state index is 0.152. The van der Waals surface area contributed by atoms with Gasteiger partial charge in [-0.3, -0.25) is 4.79 Å². The molecule has 1 aromatic carbocycles. The molecule has 0 radical (unpaired) electrons. The van der Waals surface area contributed by atoms with Crippen molar-refractivity contribution in [3.05, 3.63) is 29.3 Å². The van der Waals surface area contributed by atoms with Crippen molar-refractivity contribution >= 4 is 23.2 Å². The second-order valence-electron chi connectivity index (χ2n) is 4.95. The number of rotatable bonds is 2. The summed E-state index contributed by atoms with van der Waals surface area (Å²) in [5.74, 6) is 1.11. The van der Waals surface area contributed by atoms with Crippen LogP contribution < -0.4 is 5.32 Å². The third-order valence-corrected chi connectivity index (χ3v) is 3.75. The Morgan fingerprint density at radius 2 is 1.76 bits per heavy atom. The second kappa shape index (κ2) is 5.54. The van der Waals surface area contributed by atoms with Gasteiger partial charge in [0, 0.05) is 16.6 Å². The van der Waals surface area contributed by atoms with Gasteiger partial charge in [-0.25, -0.2) is 0 Å². The zero-order chi connectivity index (χ0) is 12.3. The molecule has 0 atom stereocenters. The topological polar surface area (TPSA) is 29.1 Å². The van der Waals surface area contributed by atoms with E-state index in [0.29, 0.717) is 5.02 Å². The molecule has 1 aromatic rings. The highest BCUT2D eigenvalue weighted by atomic mass is 35.5. The highest BCUT2D eigenvalue weighted by Crippen LogP contribution is 2.29. The summed E-state index contributed by atoms with van der Waals surface area (Å²) in [6.07, 6.45) is 4.36. The van der Waals surface area contributed by atoms with Crippen LogP contribution in [0, 0.1) is 11.8 Å². The van der Waals surface area contributed by atoms with Crippen LogP contribution in [-0.4, -0.2) is 5.91 Å². The minimum Gasteiger partial charge on any atom is -0.326 e. The smallest absolute Gasteiger partial charge is 0.227 e. The number of carbonyl (C=O) groups excluding carboxylic acids is 1. The number of carbonyl (C=O) groups is 1. The number of hydrogen-bond donors (Lipinski definition) is 1. The summed E-state index contributed by atoms with van der Waals surface area (Å²) in [4.78, 5) is 12.0. The number of anilines is 1. The van der Waals surface area contributed by atoms with Crippen LogP contribution in [0.3, 0.4) is 0 Å². The van der Waals surface area contributed by atoms with Gasteiger partial charge in [0.25, 0.3) is 0 Å². The molecule has 2 rings (SSSR count). The van der Waals surface area contributed by atoms with Gasteiger partial charge in [-0.15, -0.1) is 0 Å². The van der Waals surface area contributed by atoms with Gasteiger partial charge in [-0.1, -0.05) is 18.5 Å². The third-order valence-electron chi connectivity index (χ3n) is 3.50. The highest BCUT2D eigenvalue weighted by Gasteiger charge is 2.24. The second-order valence-corrected chi connectivity index (χ2v) is 5.39. The SMILES string of the molecule is CC1CCC(C(=O)Nc2ccc(Cl)cc2)CC1. The van der Waals surface area contributed by atoms with Gasteiger partial charge in [-0.2, -0.15) is 0 Å². The fourth-order valence-corrected chi connectivity index (χ4v) is 2.43. The standard InChI is InChI=1S/C14H18ClNO/c1-10-2-4-11(5-3-10)14(17)16-13-8-6-12(15)7-9-13/h6-11H,2-5H2,1H3,(H,16,17). The first kappa shape index (κ1) is 12.4. The van der Waals surface area contributed by atoms with Crippen molar-refractivity contribution < 1.29 is 4.79 Å². The van der Waals surface area contributed by atoms with Crippen molar-refractivity contribution in [2.45, 2.75) is 32.6 Å². The summed E-state index contributed by atoms with van der Waals surface area (Å²) in [5, 5.41) is 3.65. The molecule has 1 saturated carbocycles. The molecule has 1 aliphatic rings. The van der Waals surface area contributed by atoms with Crippen molar-refractivity contribution in [3.8, 4) is 0 Å². The normalized spacial score (nSPS) is 24.4. The summed E-state index contributed by atoms with van der Waals surface area (Å²) in [6, 6.07) is 7.26. The van der Waals surface area contributed by atoms with Crippen LogP contribution in [0.1, 0.15) is 32.6 Å². The lowest BCUT2D eigenvalue weighted by Gasteiger charge is -2.25. The zero-order valence-electron chi connectivity index (χ0n) is 10.1. The molecular weight excluding hydrogens is 234 g/mol. The molecule has 0 unspecified atom stereocenters. The Morgan fingerprint density at radius 3 is 2.35 bits per heavy atom. The van der Waals surface area contributed by atoms with Gasteiger partial charge in [0.2, 0.25) is 5.91 Å². The van der Waals surface area contributed by atoms with Crippen LogP contribution in [0.15, 0.2) is 24.3 Å². The van der Waals surface area contributed by atoms with Crippen molar-refractivity contribution in [2.75, 3.05) is 5.32 Å². The molecule has 0 heterocycles. The first-order chi connectivity index (χ1) is 8.15.